The van der Waals surface area contributed by atoms with Crippen LogP contribution >= 0.6 is 23.1 Å². The maximum atomic E-state index is 12.7. The summed E-state index contributed by atoms with van der Waals surface area (Å²) in [6.07, 6.45) is 4.32. The predicted molar refractivity (Wildman–Crippen MR) is 99.4 cm³/mol. The number of nitrogens with zero attached hydrogens (tertiary/aromatic N) is 3. The molecule has 1 amide bonds. The van der Waals surface area contributed by atoms with Gasteiger partial charge >= 0.3 is 0 Å². The summed E-state index contributed by atoms with van der Waals surface area (Å²) >= 11 is 2.74. The first-order chi connectivity index (χ1) is 12.0. The molecule has 0 radical (unpaired) electrons. The van der Waals surface area contributed by atoms with Crippen LogP contribution in [0.2, 0.25) is 0 Å². The maximum Gasteiger partial charge on any atom is 0.258 e. The smallest absolute Gasteiger partial charge is 0.258 e. The molecule has 0 atom stereocenters. The van der Waals surface area contributed by atoms with Crippen molar-refractivity contribution in [2.45, 2.75) is 44.8 Å². The first kappa shape index (κ1) is 17.7. The molecule has 25 heavy (non-hydrogen) atoms. The van der Waals surface area contributed by atoms with Crippen molar-refractivity contribution in [1.82, 2.24) is 9.55 Å². The number of carbonyl (C=O) groups excluding carboxylic acids is 1. The largest absolute Gasteiger partial charge is 0.315 e. The monoisotopic (exact) mass is 374 g/mol. The van der Waals surface area contributed by atoms with Gasteiger partial charge in [0.05, 0.1) is 11.3 Å². The van der Waals surface area contributed by atoms with E-state index < -0.39 is 0 Å². The fourth-order valence-corrected chi connectivity index (χ4v) is 4.56. The maximum absolute atomic E-state index is 12.7. The number of fused-ring (bicyclic) bond motifs is 1. The fraction of sp³-hybridized carbons (Fsp3) is 0.412. The number of thiophene rings is 1. The van der Waals surface area contributed by atoms with Gasteiger partial charge in [0.2, 0.25) is 5.91 Å². The van der Waals surface area contributed by atoms with Gasteiger partial charge in [-0.25, -0.2) is 4.98 Å². The molecular formula is C17H18N4O2S2. The SMILES string of the molecule is CSc1nc2c(c(=O)n1CC(=O)Nc1sc(C)c(C)c1C#N)CCC2. The van der Waals surface area contributed by atoms with Crippen LogP contribution in [0, 0.1) is 25.2 Å². The zero-order valence-electron chi connectivity index (χ0n) is 14.3. The molecule has 3 rings (SSSR count). The van der Waals surface area contributed by atoms with Crippen LogP contribution in [0.5, 0.6) is 0 Å². The van der Waals surface area contributed by atoms with Crippen LogP contribution in [0.4, 0.5) is 5.00 Å². The van der Waals surface area contributed by atoms with Gasteiger partial charge in [-0.3, -0.25) is 14.2 Å². The molecule has 0 spiro atoms. The van der Waals surface area contributed by atoms with Gasteiger partial charge in [-0.15, -0.1) is 11.3 Å². The van der Waals surface area contributed by atoms with E-state index in [2.05, 4.69) is 16.4 Å². The average Bonchev–Trinajstić information content (AvgIpc) is 3.15. The van der Waals surface area contributed by atoms with Gasteiger partial charge < -0.3 is 5.32 Å². The van der Waals surface area contributed by atoms with Crippen LogP contribution in [0.15, 0.2) is 9.95 Å². The van der Waals surface area contributed by atoms with Crippen molar-refractivity contribution in [3.05, 3.63) is 37.6 Å². The third kappa shape index (κ3) is 3.22. The van der Waals surface area contributed by atoms with Gasteiger partial charge in [0, 0.05) is 10.4 Å². The third-order valence-corrected chi connectivity index (χ3v) is 6.19. The molecule has 0 saturated carbocycles. The molecule has 6 nitrogen and oxygen atoms in total. The lowest BCUT2D eigenvalue weighted by Gasteiger charge is -2.12. The van der Waals surface area contributed by atoms with Crippen LogP contribution in [0.3, 0.4) is 0 Å². The van der Waals surface area contributed by atoms with Crippen LogP contribution < -0.4 is 10.9 Å². The Morgan fingerprint density at radius 2 is 2.20 bits per heavy atom. The second-order valence-electron chi connectivity index (χ2n) is 5.92. The standard InChI is InChI=1S/C17H18N4O2S2/c1-9-10(2)25-15(12(9)7-18)20-14(22)8-21-16(23)11-5-4-6-13(11)19-17(21)24-3/h4-6,8H2,1-3H3,(H,20,22). The lowest BCUT2D eigenvalue weighted by atomic mass is 10.2. The quantitative estimate of drug-likeness (QED) is 0.657. The predicted octanol–water partition coefficient (Wildman–Crippen LogP) is 2.64. The third-order valence-electron chi connectivity index (χ3n) is 4.39. The van der Waals surface area contributed by atoms with E-state index in [1.54, 1.807) is 0 Å². The van der Waals surface area contributed by atoms with Crippen molar-refractivity contribution in [2.24, 2.45) is 0 Å². The van der Waals surface area contributed by atoms with Crippen LogP contribution in [0.1, 0.15) is 33.7 Å². The van der Waals surface area contributed by atoms with Crippen molar-refractivity contribution >= 4 is 34.0 Å². The normalized spacial score (nSPS) is 12.7. The van der Waals surface area contributed by atoms with Gasteiger partial charge in [0.15, 0.2) is 5.16 Å². The zero-order valence-corrected chi connectivity index (χ0v) is 15.9. The minimum absolute atomic E-state index is 0.101. The number of nitriles is 1. The molecule has 1 N–H and O–H groups in total. The van der Waals surface area contributed by atoms with Gasteiger partial charge in [0.25, 0.3) is 5.56 Å². The molecule has 2 aromatic heterocycles. The molecule has 0 saturated heterocycles. The summed E-state index contributed by atoms with van der Waals surface area (Å²) < 4.78 is 1.43. The van der Waals surface area contributed by atoms with Gasteiger partial charge in [-0.1, -0.05) is 11.8 Å². The highest BCUT2D eigenvalue weighted by Gasteiger charge is 2.22. The molecule has 130 valence electrons. The van der Waals surface area contributed by atoms with Gasteiger partial charge in [-0.2, -0.15) is 5.26 Å². The van der Waals surface area contributed by atoms with Crippen molar-refractivity contribution in [3.63, 3.8) is 0 Å². The Hall–Kier alpha value is -2.11. The molecular weight excluding hydrogens is 356 g/mol. The number of hydrogen-bond donors (Lipinski definition) is 1. The number of thioether (sulfide) groups is 1. The summed E-state index contributed by atoms with van der Waals surface area (Å²) in [5.41, 5.74) is 2.83. The first-order valence-corrected chi connectivity index (χ1v) is 9.97. The molecule has 0 fully saturated rings. The number of aryl methyl sites for hydroxylation is 2. The molecule has 8 heteroatoms. The Kier molecular flexibility index (Phi) is 4.97. The van der Waals surface area contributed by atoms with Crippen molar-refractivity contribution in [1.29, 1.82) is 5.26 Å². The average molecular weight is 374 g/mol. The summed E-state index contributed by atoms with van der Waals surface area (Å²) in [6.45, 7) is 3.67. The van der Waals surface area contributed by atoms with Crippen LogP contribution in [0.25, 0.3) is 0 Å². The Balaban J connectivity index is 1.89. The Morgan fingerprint density at radius 3 is 2.88 bits per heavy atom. The molecule has 2 aromatic rings. The van der Waals surface area contributed by atoms with Gasteiger partial charge in [0.1, 0.15) is 17.6 Å². The van der Waals surface area contributed by atoms with Gasteiger partial charge in [-0.05, 0) is 44.9 Å². The Morgan fingerprint density at radius 1 is 1.44 bits per heavy atom. The minimum atomic E-state index is -0.324. The van der Waals surface area contributed by atoms with E-state index in [0.29, 0.717) is 15.7 Å². The number of amides is 1. The topological polar surface area (TPSA) is 87.8 Å². The van der Waals surface area contributed by atoms with E-state index in [1.807, 2.05) is 20.1 Å². The Labute approximate surface area is 153 Å². The fourth-order valence-electron chi connectivity index (χ4n) is 2.96. The van der Waals surface area contributed by atoms with E-state index in [0.717, 1.165) is 41.0 Å². The highest BCUT2D eigenvalue weighted by molar-refractivity contribution is 7.98. The number of nitrogens with one attached hydrogen (secondary N) is 1. The first-order valence-electron chi connectivity index (χ1n) is 7.92. The number of rotatable bonds is 4. The minimum Gasteiger partial charge on any atom is -0.315 e. The second-order valence-corrected chi connectivity index (χ2v) is 7.91. The Bertz CT molecular complexity index is 953. The molecule has 0 unspecified atom stereocenters. The van der Waals surface area contributed by atoms with Crippen LogP contribution in [-0.4, -0.2) is 21.7 Å². The molecule has 0 aromatic carbocycles. The number of carbonyl (C=O) groups is 1. The highest BCUT2D eigenvalue weighted by atomic mass is 32.2. The molecule has 1 aliphatic rings. The summed E-state index contributed by atoms with van der Waals surface area (Å²) in [6, 6.07) is 2.13. The summed E-state index contributed by atoms with van der Waals surface area (Å²) in [5.74, 6) is -0.324. The number of aromatic nitrogens is 2. The molecule has 2 heterocycles. The lowest BCUT2D eigenvalue weighted by molar-refractivity contribution is -0.116. The summed E-state index contributed by atoms with van der Waals surface area (Å²) in [7, 11) is 0. The summed E-state index contributed by atoms with van der Waals surface area (Å²) in [5, 5.41) is 13.2. The van der Waals surface area contributed by atoms with E-state index in [1.165, 1.54) is 27.7 Å². The molecule has 0 aliphatic heterocycles. The van der Waals surface area contributed by atoms with Crippen molar-refractivity contribution in [2.75, 3.05) is 11.6 Å². The molecule has 1 aliphatic carbocycles. The van der Waals surface area contributed by atoms with E-state index in [-0.39, 0.29) is 18.0 Å². The van der Waals surface area contributed by atoms with Crippen LogP contribution in [-0.2, 0) is 24.2 Å². The van der Waals surface area contributed by atoms with E-state index in [4.69, 9.17) is 0 Å². The van der Waals surface area contributed by atoms with E-state index >= 15 is 0 Å². The number of hydrogen-bond acceptors (Lipinski definition) is 6. The zero-order chi connectivity index (χ0) is 18.1. The molecule has 0 bridgehead atoms. The van der Waals surface area contributed by atoms with E-state index in [9.17, 15) is 14.9 Å². The van der Waals surface area contributed by atoms with Crippen molar-refractivity contribution in [3.8, 4) is 6.07 Å². The lowest BCUT2D eigenvalue weighted by Crippen LogP contribution is -2.31. The van der Waals surface area contributed by atoms with Crippen molar-refractivity contribution < 1.29 is 4.79 Å². The summed E-state index contributed by atoms with van der Waals surface area (Å²) in [4.78, 5) is 30.7. The highest BCUT2D eigenvalue weighted by Crippen LogP contribution is 2.31. The second kappa shape index (κ2) is 7.02. The number of anilines is 1.